The average molecular weight is 299 g/mol. The number of nitrogen functional groups attached to an aromatic ring is 1. The van der Waals surface area contributed by atoms with Gasteiger partial charge in [0.05, 0.1) is 12.3 Å². The standard InChI is InChI=1S/C12H17N3O4S/c13-10-1-3-11(4-2-10)19-7-8-20(17,18)15-6-5-14-12(16)9-15/h1-4H,5-9,13H2,(H,14,16). The molecule has 1 aliphatic heterocycles. The number of nitrogens with zero attached hydrogens (tertiary/aromatic N) is 1. The highest BCUT2D eigenvalue weighted by atomic mass is 32.2. The summed E-state index contributed by atoms with van der Waals surface area (Å²) in [6, 6.07) is 6.71. The zero-order valence-electron chi connectivity index (χ0n) is 10.9. The number of rotatable bonds is 5. The second kappa shape index (κ2) is 6.10. The Morgan fingerprint density at radius 1 is 1.30 bits per heavy atom. The van der Waals surface area contributed by atoms with Crippen molar-refractivity contribution in [1.82, 2.24) is 9.62 Å². The first-order valence-electron chi connectivity index (χ1n) is 6.20. The maximum absolute atomic E-state index is 12.0. The zero-order chi connectivity index (χ0) is 14.6. The third kappa shape index (κ3) is 3.84. The van der Waals surface area contributed by atoms with Crippen molar-refractivity contribution in [3.63, 3.8) is 0 Å². The zero-order valence-corrected chi connectivity index (χ0v) is 11.7. The monoisotopic (exact) mass is 299 g/mol. The predicted octanol–water partition coefficient (Wildman–Crippen LogP) is -0.591. The first-order chi connectivity index (χ1) is 9.47. The van der Waals surface area contributed by atoms with Gasteiger partial charge in [0, 0.05) is 18.8 Å². The molecule has 1 heterocycles. The van der Waals surface area contributed by atoms with Gasteiger partial charge in [-0.3, -0.25) is 4.79 Å². The number of piperazine rings is 1. The SMILES string of the molecule is Nc1ccc(OCCS(=O)(=O)N2CCNC(=O)C2)cc1. The molecule has 1 aliphatic rings. The van der Waals surface area contributed by atoms with Crippen LogP contribution < -0.4 is 15.8 Å². The second-order valence-corrected chi connectivity index (χ2v) is 6.51. The Bertz CT molecular complexity index is 571. The number of anilines is 1. The molecule has 7 nitrogen and oxygen atoms in total. The van der Waals surface area contributed by atoms with Gasteiger partial charge in [-0.1, -0.05) is 0 Å². The lowest BCUT2D eigenvalue weighted by Crippen LogP contribution is -2.50. The lowest BCUT2D eigenvalue weighted by molar-refractivity contribution is -0.122. The molecule has 1 aromatic rings. The first-order valence-corrected chi connectivity index (χ1v) is 7.81. The summed E-state index contributed by atoms with van der Waals surface area (Å²) in [5.74, 6) is 0.120. The van der Waals surface area contributed by atoms with Crippen LogP contribution in [0.3, 0.4) is 0 Å². The molecule has 0 radical (unpaired) electrons. The number of benzene rings is 1. The van der Waals surface area contributed by atoms with E-state index in [0.717, 1.165) is 0 Å². The second-order valence-electron chi connectivity index (χ2n) is 4.42. The van der Waals surface area contributed by atoms with E-state index in [2.05, 4.69) is 5.32 Å². The van der Waals surface area contributed by atoms with Crippen LogP contribution in [0, 0.1) is 0 Å². The first kappa shape index (κ1) is 14.6. The van der Waals surface area contributed by atoms with Crippen molar-refractivity contribution in [3.05, 3.63) is 24.3 Å². The van der Waals surface area contributed by atoms with Crippen molar-refractivity contribution in [3.8, 4) is 5.75 Å². The minimum Gasteiger partial charge on any atom is -0.492 e. The van der Waals surface area contributed by atoms with E-state index in [9.17, 15) is 13.2 Å². The average Bonchev–Trinajstić information content (AvgIpc) is 2.41. The molecule has 0 aromatic heterocycles. The minimum atomic E-state index is -3.47. The Hall–Kier alpha value is -1.80. The van der Waals surface area contributed by atoms with E-state index in [0.29, 0.717) is 24.5 Å². The Morgan fingerprint density at radius 3 is 2.65 bits per heavy atom. The lowest BCUT2D eigenvalue weighted by Gasteiger charge is -2.25. The topological polar surface area (TPSA) is 102 Å². The van der Waals surface area contributed by atoms with E-state index in [-0.39, 0.29) is 24.8 Å². The molecule has 1 aromatic carbocycles. The molecule has 20 heavy (non-hydrogen) atoms. The third-order valence-electron chi connectivity index (χ3n) is 2.89. The van der Waals surface area contributed by atoms with Gasteiger partial charge in [-0.2, -0.15) is 4.31 Å². The molecule has 3 N–H and O–H groups in total. The lowest BCUT2D eigenvalue weighted by atomic mass is 10.3. The van der Waals surface area contributed by atoms with Gasteiger partial charge in [-0.05, 0) is 24.3 Å². The third-order valence-corrected chi connectivity index (χ3v) is 4.67. The summed E-state index contributed by atoms with van der Waals surface area (Å²) in [6.07, 6.45) is 0. The van der Waals surface area contributed by atoms with E-state index in [1.54, 1.807) is 24.3 Å². The summed E-state index contributed by atoms with van der Waals surface area (Å²) in [6.45, 7) is 0.557. The van der Waals surface area contributed by atoms with Crippen LogP contribution in [0.25, 0.3) is 0 Å². The van der Waals surface area contributed by atoms with Crippen LogP contribution in [0.15, 0.2) is 24.3 Å². The van der Waals surface area contributed by atoms with Crippen molar-refractivity contribution >= 4 is 21.6 Å². The van der Waals surface area contributed by atoms with Crippen LogP contribution >= 0.6 is 0 Å². The van der Waals surface area contributed by atoms with Crippen LogP contribution in [-0.4, -0.2) is 50.6 Å². The number of hydrogen-bond donors (Lipinski definition) is 2. The van der Waals surface area contributed by atoms with Gasteiger partial charge in [0.2, 0.25) is 15.9 Å². The van der Waals surface area contributed by atoms with Gasteiger partial charge in [0.1, 0.15) is 12.4 Å². The molecule has 1 fully saturated rings. The fourth-order valence-electron chi connectivity index (χ4n) is 1.81. The van der Waals surface area contributed by atoms with Crippen molar-refractivity contribution in [2.45, 2.75) is 0 Å². The van der Waals surface area contributed by atoms with E-state index in [4.69, 9.17) is 10.5 Å². The summed E-state index contributed by atoms with van der Waals surface area (Å²) >= 11 is 0. The van der Waals surface area contributed by atoms with Gasteiger partial charge in [0.15, 0.2) is 0 Å². The van der Waals surface area contributed by atoms with Gasteiger partial charge >= 0.3 is 0 Å². The summed E-state index contributed by atoms with van der Waals surface area (Å²) in [5, 5.41) is 2.58. The molecule has 0 saturated carbocycles. The van der Waals surface area contributed by atoms with E-state index in [1.165, 1.54) is 4.31 Å². The summed E-state index contributed by atoms with van der Waals surface area (Å²) in [5.41, 5.74) is 6.15. The number of sulfonamides is 1. The fraction of sp³-hybridized carbons (Fsp3) is 0.417. The highest BCUT2D eigenvalue weighted by Gasteiger charge is 2.27. The molecule has 110 valence electrons. The Kier molecular flexibility index (Phi) is 4.46. The van der Waals surface area contributed by atoms with Crippen molar-refractivity contribution in [2.75, 3.05) is 37.7 Å². The number of nitrogens with one attached hydrogen (secondary N) is 1. The van der Waals surface area contributed by atoms with Crippen molar-refractivity contribution < 1.29 is 17.9 Å². The van der Waals surface area contributed by atoms with Crippen molar-refractivity contribution in [1.29, 1.82) is 0 Å². The molecule has 8 heteroatoms. The molecule has 1 amide bonds. The maximum atomic E-state index is 12.0. The van der Waals surface area contributed by atoms with Gasteiger partial charge in [0.25, 0.3) is 0 Å². The van der Waals surface area contributed by atoms with E-state index >= 15 is 0 Å². The fourth-order valence-corrected chi connectivity index (χ4v) is 3.05. The molecular weight excluding hydrogens is 282 g/mol. The van der Waals surface area contributed by atoms with Gasteiger partial charge in [-0.15, -0.1) is 0 Å². The molecule has 1 saturated heterocycles. The Morgan fingerprint density at radius 2 is 2.00 bits per heavy atom. The molecule has 0 unspecified atom stereocenters. The van der Waals surface area contributed by atoms with Crippen LogP contribution in [0.2, 0.25) is 0 Å². The smallest absolute Gasteiger partial charge is 0.235 e. The van der Waals surface area contributed by atoms with Crippen LogP contribution in [0.1, 0.15) is 0 Å². The van der Waals surface area contributed by atoms with Crippen molar-refractivity contribution in [2.24, 2.45) is 0 Å². The molecule has 0 atom stereocenters. The minimum absolute atomic E-state index is 0.0321. The molecule has 0 aliphatic carbocycles. The Balaban J connectivity index is 1.86. The Labute approximate surface area is 117 Å². The summed E-state index contributed by atoms with van der Waals surface area (Å²) < 4.78 is 30.6. The van der Waals surface area contributed by atoms with Crippen LogP contribution in [0.5, 0.6) is 5.75 Å². The highest BCUT2D eigenvalue weighted by molar-refractivity contribution is 7.89. The number of carbonyl (C=O) groups excluding carboxylic acids is 1. The number of ether oxygens (including phenoxy) is 1. The van der Waals surface area contributed by atoms with E-state index in [1.807, 2.05) is 0 Å². The number of amides is 1. The largest absolute Gasteiger partial charge is 0.492 e. The predicted molar refractivity (Wildman–Crippen MR) is 74.7 cm³/mol. The maximum Gasteiger partial charge on any atom is 0.235 e. The number of hydrogen-bond acceptors (Lipinski definition) is 5. The normalized spacial score (nSPS) is 16.7. The number of nitrogens with two attached hydrogens (primary N) is 1. The molecule has 2 rings (SSSR count). The quantitative estimate of drug-likeness (QED) is 0.708. The number of carbonyl (C=O) groups is 1. The van der Waals surface area contributed by atoms with Gasteiger partial charge < -0.3 is 15.8 Å². The van der Waals surface area contributed by atoms with Crippen LogP contribution in [-0.2, 0) is 14.8 Å². The summed E-state index contributed by atoms with van der Waals surface area (Å²) in [4.78, 5) is 11.2. The van der Waals surface area contributed by atoms with E-state index < -0.39 is 10.0 Å². The van der Waals surface area contributed by atoms with Crippen LogP contribution in [0.4, 0.5) is 5.69 Å². The molecule has 0 bridgehead atoms. The summed E-state index contributed by atoms with van der Waals surface area (Å²) in [7, 11) is -3.47. The highest BCUT2D eigenvalue weighted by Crippen LogP contribution is 2.13. The van der Waals surface area contributed by atoms with Gasteiger partial charge in [-0.25, -0.2) is 8.42 Å². The molecule has 0 spiro atoms. The molecular formula is C12H17N3O4S.